The number of rotatable bonds is 3. The zero-order valence-electron chi connectivity index (χ0n) is 9.32. The van der Waals surface area contributed by atoms with Gasteiger partial charge in [0, 0.05) is 0 Å². The van der Waals surface area contributed by atoms with Gasteiger partial charge in [-0.25, -0.2) is 5.43 Å². The van der Waals surface area contributed by atoms with Crippen molar-refractivity contribution in [1.29, 1.82) is 0 Å². The van der Waals surface area contributed by atoms with Gasteiger partial charge in [0.05, 0.1) is 6.04 Å². The van der Waals surface area contributed by atoms with Crippen LogP contribution in [-0.2, 0) is 0 Å². The SMILES string of the molecule is C=C(C)C(NN)c1ccc2c(c1)OCCO2. The Morgan fingerprint density at radius 1 is 1.38 bits per heavy atom. The first-order valence-corrected chi connectivity index (χ1v) is 5.23. The third kappa shape index (κ3) is 2.03. The second-order valence-corrected chi connectivity index (χ2v) is 3.85. The second-order valence-electron chi connectivity index (χ2n) is 3.85. The molecule has 1 aliphatic heterocycles. The van der Waals surface area contributed by atoms with Gasteiger partial charge in [0.1, 0.15) is 13.2 Å². The molecule has 0 aliphatic carbocycles. The van der Waals surface area contributed by atoms with Crippen LogP contribution in [0.2, 0.25) is 0 Å². The van der Waals surface area contributed by atoms with Gasteiger partial charge < -0.3 is 9.47 Å². The Labute approximate surface area is 95.0 Å². The van der Waals surface area contributed by atoms with Crippen molar-refractivity contribution in [2.24, 2.45) is 5.84 Å². The molecule has 4 nitrogen and oxygen atoms in total. The van der Waals surface area contributed by atoms with Gasteiger partial charge in [-0.15, -0.1) is 0 Å². The lowest BCUT2D eigenvalue weighted by Crippen LogP contribution is -2.28. The Kier molecular flexibility index (Phi) is 3.12. The van der Waals surface area contributed by atoms with Gasteiger partial charge in [-0.1, -0.05) is 18.2 Å². The van der Waals surface area contributed by atoms with Gasteiger partial charge in [-0.3, -0.25) is 5.84 Å². The van der Waals surface area contributed by atoms with E-state index in [1.165, 1.54) is 0 Å². The lowest BCUT2D eigenvalue weighted by molar-refractivity contribution is 0.171. The fourth-order valence-electron chi connectivity index (χ4n) is 1.76. The molecule has 1 aromatic carbocycles. The van der Waals surface area contributed by atoms with Gasteiger partial charge in [0.15, 0.2) is 11.5 Å². The minimum Gasteiger partial charge on any atom is -0.486 e. The zero-order valence-corrected chi connectivity index (χ0v) is 9.32. The summed E-state index contributed by atoms with van der Waals surface area (Å²) in [6, 6.07) is 5.74. The van der Waals surface area contributed by atoms with Crippen molar-refractivity contribution in [3.8, 4) is 11.5 Å². The molecule has 0 fully saturated rings. The van der Waals surface area contributed by atoms with Crippen LogP contribution < -0.4 is 20.7 Å². The number of nitrogens with one attached hydrogen (secondary N) is 1. The molecule has 1 heterocycles. The third-order valence-electron chi connectivity index (χ3n) is 2.56. The fourth-order valence-corrected chi connectivity index (χ4v) is 1.76. The van der Waals surface area contributed by atoms with Crippen LogP contribution in [0.15, 0.2) is 30.4 Å². The first kappa shape index (κ1) is 11.0. The predicted octanol–water partition coefficient (Wildman–Crippen LogP) is 1.54. The van der Waals surface area contributed by atoms with Crippen molar-refractivity contribution >= 4 is 0 Å². The molecule has 0 bridgehead atoms. The van der Waals surface area contributed by atoms with Gasteiger partial charge in [0.25, 0.3) is 0 Å². The molecule has 16 heavy (non-hydrogen) atoms. The fraction of sp³-hybridized carbons (Fsp3) is 0.333. The van der Waals surface area contributed by atoms with E-state index in [0.29, 0.717) is 13.2 Å². The Hall–Kier alpha value is -1.52. The van der Waals surface area contributed by atoms with Crippen molar-refractivity contribution in [3.05, 3.63) is 35.9 Å². The van der Waals surface area contributed by atoms with Crippen LogP contribution in [0.4, 0.5) is 0 Å². The third-order valence-corrected chi connectivity index (χ3v) is 2.56. The molecule has 3 N–H and O–H groups in total. The van der Waals surface area contributed by atoms with Crippen LogP contribution in [0.25, 0.3) is 0 Å². The number of benzene rings is 1. The number of hydrogen-bond acceptors (Lipinski definition) is 4. The lowest BCUT2D eigenvalue weighted by atomic mass is 10.0. The summed E-state index contributed by atoms with van der Waals surface area (Å²) in [5, 5.41) is 0. The van der Waals surface area contributed by atoms with E-state index in [1.807, 2.05) is 25.1 Å². The average Bonchev–Trinajstić information content (AvgIpc) is 2.29. The molecule has 0 aromatic heterocycles. The number of nitrogens with two attached hydrogens (primary N) is 1. The number of fused-ring (bicyclic) bond motifs is 1. The second kappa shape index (κ2) is 4.55. The Balaban J connectivity index is 2.32. The minimum absolute atomic E-state index is 0.0594. The summed E-state index contributed by atoms with van der Waals surface area (Å²) in [5.74, 6) is 7.05. The molecule has 0 saturated carbocycles. The molecule has 4 heteroatoms. The van der Waals surface area contributed by atoms with E-state index in [0.717, 1.165) is 22.6 Å². The monoisotopic (exact) mass is 220 g/mol. The summed E-state index contributed by atoms with van der Waals surface area (Å²) >= 11 is 0. The molecule has 1 aliphatic rings. The highest BCUT2D eigenvalue weighted by atomic mass is 16.6. The predicted molar refractivity (Wildman–Crippen MR) is 62.3 cm³/mol. The van der Waals surface area contributed by atoms with E-state index in [1.54, 1.807) is 0 Å². The van der Waals surface area contributed by atoms with E-state index in [4.69, 9.17) is 15.3 Å². The van der Waals surface area contributed by atoms with E-state index < -0.39 is 0 Å². The molecule has 0 amide bonds. The quantitative estimate of drug-likeness (QED) is 0.461. The Morgan fingerprint density at radius 2 is 2.06 bits per heavy atom. The van der Waals surface area contributed by atoms with Gasteiger partial charge in [-0.2, -0.15) is 0 Å². The van der Waals surface area contributed by atoms with Gasteiger partial charge in [0.2, 0.25) is 0 Å². The average molecular weight is 220 g/mol. The largest absolute Gasteiger partial charge is 0.486 e. The molecule has 1 aromatic rings. The molecule has 1 atom stereocenters. The topological polar surface area (TPSA) is 56.5 Å². The van der Waals surface area contributed by atoms with E-state index >= 15 is 0 Å². The van der Waals surface area contributed by atoms with E-state index in [2.05, 4.69) is 12.0 Å². The van der Waals surface area contributed by atoms with Crippen molar-refractivity contribution in [3.63, 3.8) is 0 Å². The maximum absolute atomic E-state index is 5.52. The molecule has 0 radical (unpaired) electrons. The van der Waals surface area contributed by atoms with Crippen LogP contribution in [-0.4, -0.2) is 13.2 Å². The van der Waals surface area contributed by atoms with Crippen LogP contribution in [0.5, 0.6) is 11.5 Å². The molecule has 2 rings (SSSR count). The normalized spacial score (nSPS) is 15.6. The van der Waals surface area contributed by atoms with Crippen molar-refractivity contribution in [2.75, 3.05) is 13.2 Å². The molecule has 86 valence electrons. The van der Waals surface area contributed by atoms with Crippen LogP contribution in [0, 0.1) is 0 Å². The van der Waals surface area contributed by atoms with Crippen LogP contribution in [0.1, 0.15) is 18.5 Å². The highest BCUT2D eigenvalue weighted by Crippen LogP contribution is 2.33. The summed E-state index contributed by atoms with van der Waals surface area (Å²) in [7, 11) is 0. The van der Waals surface area contributed by atoms with Crippen molar-refractivity contribution < 1.29 is 9.47 Å². The maximum atomic E-state index is 5.52. The van der Waals surface area contributed by atoms with E-state index in [-0.39, 0.29) is 6.04 Å². The molecule has 1 unspecified atom stereocenters. The number of hydrogen-bond donors (Lipinski definition) is 2. The summed E-state index contributed by atoms with van der Waals surface area (Å²) in [4.78, 5) is 0. The summed E-state index contributed by atoms with van der Waals surface area (Å²) in [5.41, 5.74) is 4.71. The molecular formula is C12H16N2O2. The lowest BCUT2D eigenvalue weighted by Gasteiger charge is -2.22. The number of ether oxygens (including phenoxy) is 2. The summed E-state index contributed by atoms with van der Waals surface area (Å²) < 4.78 is 11.0. The molecular weight excluding hydrogens is 204 g/mol. The highest BCUT2D eigenvalue weighted by Gasteiger charge is 2.16. The standard InChI is InChI=1S/C12H16N2O2/c1-8(2)12(14-13)9-3-4-10-11(7-9)16-6-5-15-10/h3-4,7,12,14H,1,5-6,13H2,2H3. The maximum Gasteiger partial charge on any atom is 0.161 e. The highest BCUT2D eigenvalue weighted by molar-refractivity contribution is 5.45. The first-order chi connectivity index (χ1) is 7.72. The van der Waals surface area contributed by atoms with Gasteiger partial charge >= 0.3 is 0 Å². The smallest absolute Gasteiger partial charge is 0.161 e. The van der Waals surface area contributed by atoms with Crippen molar-refractivity contribution in [2.45, 2.75) is 13.0 Å². The summed E-state index contributed by atoms with van der Waals surface area (Å²) in [6.45, 7) is 7.02. The molecule has 0 saturated heterocycles. The Morgan fingerprint density at radius 3 is 2.69 bits per heavy atom. The Bertz CT molecular complexity index is 404. The van der Waals surface area contributed by atoms with Crippen molar-refractivity contribution in [1.82, 2.24) is 5.43 Å². The van der Waals surface area contributed by atoms with E-state index in [9.17, 15) is 0 Å². The summed E-state index contributed by atoms with van der Waals surface area (Å²) in [6.07, 6.45) is 0. The first-order valence-electron chi connectivity index (χ1n) is 5.23. The van der Waals surface area contributed by atoms with Crippen LogP contribution in [0.3, 0.4) is 0 Å². The van der Waals surface area contributed by atoms with Gasteiger partial charge in [-0.05, 0) is 24.6 Å². The minimum atomic E-state index is -0.0594. The zero-order chi connectivity index (χ0) is 11.5. The molecule has 0 spiro atoms. The van der Waals surface area contributed by atoms with Crippen LogP contribution >= 0.6 is 0 Å². The number of hydrazine groups is 1.